The molecule has 7 nitrogen and oxygen atoms in total. The molecule has 5 rings (SSSR count). The zero-order valence-electron chi connectivity index (χ0n) is 15.3. The average molecular weight is 376 g/mol. The van der Waals surface area contributed by atoms with Gasteiger partial charge in [0.05, 0.1) is 12.0 Å². The number of H-pyrrole nitrogens is 1. The summed E-state index contributed by atoms with van der Waals surface area (Å²) in [6, 6.07) is 9.54. The van der Waals surface area contributed by atoms with Crippen LogP contribution >= 0.6 is 0 Å². The van der Waals surface area contributed by atoms with Crippen molar-refractivity contribution in [2.24, 2.45) is 0 Å². The van der Waals surface area contributed by atoms with Gasteiger partial charge in [0.1, 0.15) is 6.04 Å². The number of nitrogens with one attached hydrogen (secondary N) is 1. The lowest BCUT2D eigenvalue weighted by atomic mass is 9.96. The number of hydrogen-bond donors (Lipinski definition) is 1. The molecule has 1 atom stereocenters. The maximum absolute atomic E-state index is 13.1. The molecule has 0 aliphatic carbocycles. The second-order valence-electron chi connectivity index (χ2n) is 6.98. The Bertz CT molecular complexity index is 1000. The molecule has 0 unspecified atom stereocenters. The topological polar surface area (TPSA) is 80.3 Å². The molecule has 2 aromatic heterocycles. The van der Waals surface area contributed by atoms with Crippen molar-refractivity contribution in [3.8, 4) is 11.5 Å². The van der Waals surface area contributed by atoms with E-state index in [0.29, 0.717) is 19.4 Å². The fraction of sp³-hybridized carbons (Fsp3) is 0.286. The van der Waals surface area contributed by atoms with Crippen LogP contribution in [0, 0.1) is 0 Å². The number of carbonyl (C=O) groups is 1. The van der Waals surface area contributed by atoms with E-state index in [4.69, 9.17) is 9.47 Å². The predicted octanol–water partition coefficient (Wildman–Crippen LogP) is 2.64. The molecule has 2 aliphatic heterocycles. The molecule has 1 amide bonds. The SMILES string of the molecule is O=C(CCc1ccc2c(c1)OCO2)N1CCc2[nH]cnc2[C@H]1c1cccnc1. The molecule has 0 saturated carbocycles. The van der Waals surface area contributed by atoms with Gasteiger partial charge >= 0.3 is 0 Å². The lowest BCUT2D eigenvalue weighted by Gasteiger charge is -2.35. The summed E-state index contributed by atoms with van der Waals surface area (Å²) in [4.78, 5) is 27.0. The fourth-order valence-corrected chi connectivity index (χ4v) is 3.91. The molecule has 2 aliphatic rings. The predicted molar refractivity (Wildman–Crippen MR) is 101 cm³/mol. The average Bonchev–Trinajstić information content (AvgIpc) is 3.40. The standard InChI is InChI=1S/C21H20N4O3/c26-19(6-4-14-3-5-17-18(10-14)28-13-27-17)25-9-7-16-20(24-12-23-16)21(25)15-2-1-8-22-11-15/h1-3,5,8,10-12,21H,4,6-7,9,13H2,(H,23,24)/t21-/m1/s1. The molecule has 7 heteroatoms. The van der Waals surface area contributed by atoms with Crippen LogP contribution in [0.1, 0.15) is 35.0 Å². The van der Waals surface area contributed by atoms with E-state index < -0.39 is 0 Å². The Hall–Kier alpha value is -3.35. The van der Waals surface area contributed by atoms with E-state index in [2.05, 4.69) is 15.0 Å². The van der Waals surface area contributed by atoms with E-state index in [9.17, 15) is 4.79 Å². The summed E-state index contributed by atoms with van der Waals surface area (Å²) in [5, 5.41) is 0. The van der Waals surface area contributed by atoms with Gasteiger partial charge in [-0.2, -0.15) is 0 Å². The first-order valence-corrected chi connectivity index (χ1v) is 9.39. The van der Waals surface area contributed by atoms with Crippen molar-refractivity contribution < 1.29 is 14.3 Å². The quantitative estimate of drug-likeness (QED) is 0.757. The van der Waals surface area contributed by atoms with Crippen molar-refractivity contribution in [2.45, 2.75) is 25.3 Å². The maximum Gasteiger partial charge on any atom is 0.231 e. The summed E-state index contributed by atoms with van der Waals surface area (Å²) in [5.74, 6) is 1.62. The first-order valence-electron chi connectivity index (χ1n) is 9.39. The number of imidazole rings is 1. The highest BCUT2D eigenvalue weighted by molar-refractivity contribution is 5.78. The van der Waals surface area contributed by atoms with Crippen molar-refractivity contribution in [2.75, 3.05) is 13.3 Å². The number of ether oxygens (including phenoxy) is 2. The Kier molecular flexibility index (Phi) is 4.20. The maximum atomic E-state index is 13.1. The number of fused-ring (bicyclic) bond motifs is 2. The number of aromatic nitrogens is 3. The number of benzene rings is 1. The molecule has 0 radical (unpaired) electrons. The van der Waals surface area contributed by atoms with Crippen LogP contribution in [0.3, 0.4) is 0 Å². The number of hydrogen-bond acceptors (Lipinski definition) is 5. The van der Waals surface area contributed by atoms with Crippen molar-refractivity contribution in [3.63, 3.8) is 0 Å². The van der Waals surface area contributed by atoms with E-state index in [1.807, 2.05) is 41.4 Å². The third-order valence-electron chi connectivity index (χ3n) is 5.31. The van der Waals surface area contributed by atoms with Gasteiger partial charge in [0.25, 0.3) is 0 Å². The summed E-state index contributed by atoms with van der Waals surface area (Å²) in [5.41, 5.74) is 4.05. The van der Waals surface area contributed by atoms with Crippen LogP contribution in [0.5, 0.6) is 11.5 Å². The lowest BCUT2D eigenvalue weighted by Crippen LogP contribution is -2.40. The number of pyridine rings is 1. The normalized spacial score (nSPS) is 17.4. The number of aromatic amines is 1. The highest BCUT2D eigenvalue weighted by atomic mass is 16.7. The Morgan fingerprint density at radius 2 is 2.18 bits per heavy atom. The second-order valence-corrected chi connectivity index (χ2v) is 6.98. The fourth-order valence-electron chi connectivity index (χ4n) is 3.91. The third kappa shape index (κ3) is 2.98. The van der Waals surface area contributed by atoms with Gasteiger partial charge in [-0.15, -0.1) is 0 Å². The first kappa shape index (κ1) is 16.8. The smallest absolute Gasteiger partial charge is 0.231 e. The van der Waals surface area contributed by atoms with Crippen LogP contribution in [-0.4, -0.2) is 39.1 Å². The molecule has 1 aromatic carbocycles. The lowest BCUT2D eigenvalue weighted by molar-refractivity contribution is -0.133. The van der Waals surface area contributed by atoms with Crippen LogP contribution in [0.2, 0.25) is 0 Å². The minimum atomic E-state index is -0.201. The highest BCUT2D eigenvalue weighted by Crippen LogP contribution is 2.35. The zero-order valence-corrected chi connectivity index (χ0v) is 15.3. The van der Waals surface area contributed by atoms with E-state index in [1.165, 1.54) is 0 Å². The molecule has 142 valence electrons. The summed E-state index contributed by atoms with van der Waals surface area (Å²) < 4.78 is 10.8. The van der Waals surface area contributed by atoms with Crippen molar-refractivity contribution in [3.05, 3.63) is 71.6 Å². The first-order chi connectivity index (χ1) is 13.8. The Labute approximate surface area is 162 Å². The van der Waals surface area contributed by atoms with Crippen LogP contribution in [-0.2, 0) is 17.6 Å². The van der Waals surface area contributed by atoms with E-state index in [0.717, 1.165) is 40.4 Å². The zero-order chi connectivity index (χ0) is 18.9. The van der Waals surface area contributed by atoms with Crippen LogP contribution in [0.4, 0.5) is 0 Å². The molecule has 1 N–H and O–H groups in total. The van der Waals surface area contributed by atoms with Gasteiger partial charge < -0.3 is 19.4 Å². The Balaban J connectivity index is 1.36. The molecular formula is C21H20N4O3. The minimum absolute atomic E-state index is 0.111. The van der Waals surface area contributed by atoms with Gasteiger partial charge in [0, 0.05) is 37.5 Å². The summed E-state index contributed by atoms with van der Waals surface area (Å²) in [6.07, 6.45) is 7.11. The van der Waals surface area contributed by atoms with Crippen LogP contribution in [0.25, 0.3) is 0 Å². The van der Waals surface area contributed by atoms with Crippen LogP contribution in [0.15, 0.2) is 49.1 Å². The Morgan fingerprint density at radius 1 is 1.25 bits per heavy atom. The van der Waals surface area contributed by atoms with Crippen molar-refractivity contribution in [1.82, 2.24) is 19.9 Å². The van der Waals surface area contributed by atoms with Gasteiger partial charge in [-0.25, -0.2) is 4.98 Å². The monoisotopic (exact) mass is 376 g/mol. The molecular weight excluding hydrogens is 356 g/mol. The van der Waals surface area contributed by atoms with E-state index >= 15 is 0 Å². The molecule has 28 heavy (non-hydrogen) atoms. The van der Waals surface area contributed by atoms with Gasteiger partial charge in [0.2, 0.25) is 12.7 Å². The summed E-state index contributed by atoms with van der Waals surface area (Å²) >= 11 is 0. The minimum Gasteiger partial charge on any atom is -0.454 e. The van der Waals surface area contributed by atoms with Crippen molar-refractivity contribution >= 4 is 5.91 Å². The van der Waals surface area contributed by atoms with Gasteiger partial charge in [-0.3, -0.25) is 9.78 Å². The Morgan fingerprint density at radius 3 is 3.07 bits per heavy atom. The molecule has 0 saturated heterocycles. The van der Waals surface area contributed by atoms with E-state index in [1.54, 1.807) is 12.5 Å². The van der Waals surface area contributed by atoms with Crippen molar-refractivity contribution in [1.29, 1.82) is 0 Å². The number of carbonyl (C=O) groups excluding carboxylic acids is 1. The summed E-state index contributed by atoms with van der Waals surface area (Å²) in [6.45, 7) is 0.916. The third-order valence-corrected chi connectivity index (χ3v) is 5.31. The summed E-state index contributed by atoms with van der Waals surface area (Å²) in [7, 11) is 0. The number of amides is 1. The molecule has 4 heterocycles. The molecule has 0 spiro atoms. The van der Waals surface area contributed by atoms with Gasteiger partial charge in [0.15, 0.2) is 11.5 Å². The molecule has 0 bridgehead atoms. The van der Waals surface area contributed by atoms with Crippen LogP contribution < -0.4 is 9.47 Å². The number of nitrogens with zero attached hydrogens (tertiary/aromatic N) is 3. The molecule has 3 aromatic rings. The second kappa shape index (κ2) is 6.99. The van der Waals surface area contributed by atoms with E-state index in [-0.39, 0.29) is 18.7 Å². The molecule has 0 fully saturated rings. The number of rotatable bonds is 4. The van der Waals surface area contributed by atoms with Gasteiger partial charge in [-0.1, -0.05) is 12.1 Å². The highest BCUT2D eigenvalue weighted by Gasteiger charge is 2.33. The largest absolute Gasteiger partial charge is 0.454 e. The number of aryl methyl sites for hydroxylation is 1. The van der Waals surface area contributed by atoms with Gasteiger partial charge in [-0.05, 0) is 35.7 Å².